The summed E-state index contributed by atoms with van der Waals surface area (Å²) in [5.74, 6) is 0.987. The number of aromatic nitrogens is 3. The Labute approximate surface area is 124 Å². The van der Waals surface area contributed by atoms with Crippen molar-refractivity contribution >= 4 is 38.8 Å². The van der Waals surface area contributed by atoms with Crippen molar-refractivity contribution in [3.8, 4) is 0 Å². The van der Waals surface area contributed by atoms with Gasteiger partial charge in [-0.2, -0.15) is 0 Å². The molecular formula is C12H12BrN5S. The first-order valence-corrected chi connectivity index (χ1v) is 7.06. The third-order valence-corrected chi connectivity index (χ3v) is 4.10. The lowest BCUT2D eigenvalue weighted by Crippen LogP contribution is -2.33. The van der Waals surface area contributed by atoms with E-state index in [1.807, 2.05) is 18.2 Å². The van der Waals surface area contributed by atoms with Crippen LogP contribution in [0.5, 0.6) is 0 Å². The van der Waals surface area contributed by atoms with Gasteiger partial charge in [0.25, 0.3) is 0 Å². The highest BCUT2D eigenvalue weighted by atomic mass is 79.9. The zero-order chi connectivity index (χ0) is 13.4. The van der Waals surface area contributed by atoms with Crippen LogP contribution in [-0.2, 0) is 13.1 Å². The summed E-state index contributed by atoms with van der Waals surface area (Å²) in [5, 5.41) is 8.05. The fourth-order valence-electron chi connectivity index (χ4n) is 2.19. The lowest BCUT2D eigenvalue weighted by Gasteiger charge is -2.29. The molecule has 3 rings (SSSR count). The Balaban J connectivity index is 1.88. The first kappa shape index (κ1) is 12.6. The summed E-state index contributed by atoms with van der Waals surface area (Å²) in [6.07, 6.45) is 1.78. The van der Waals surface area contributed by atoms with Crippen molar-refractivity contribution in [2.75, 3.05) is 11.4 Å². The van der Waals surface area contributed by atoms with Crippen molar-refractivity contribution < 1.29 is 0 Å². The molecule has 5 nitrogen and oxygen atoms in total. The maximum absolute atomic E-state index is 5.66. The third-order valence-electron chi connectivity index (χ3n) is 3.22. The van der Waals surface area contributed by atoms with Crippen molar-refractivity contribution in [1.82, 2.24) is 14.8 Å². The highest BCUT2D eigenvalue weighted by molar-refractivity contribution is 9.10. The molecule has 0 atom stereocenters. The van der Waals surface area contributed by atoms with Crippen LogP contribution < -0.4 is 10.6 Å². The standard InChI is InChI=1S/C12H12BrN5S/c13-10-5-8(1-2-9(10)12(14)19)17-3-4-18-7-15-16-11(18)6-17/h1-2,5,7H,3-4,6H2,(H2,14,19). The molecule has 0 unspecified atom stereocenters. The Morgan fingerprint density at radius 1 is 1.37 bits per heavy atom. The smallest absolute Gasteiger partial charge is 0.152 e. The number of benzene rings is 1. The van der Waals surface area contributed by atoms with Crippen LogP contribution in [0, 0.1) is 0 Å². The Morgan fingerprint density at radius 3 is 2.95 bits per heavy atom. The lowest BCUT2D eigenvalue weighted by atomic mass is 10.2. The Bertz CT molecular complexity index is 639. The van der Waals surface area contributed by atoms with Crippen LogP contribution in [-0.4, -0.2) is 26.3 Å². The van der Waals surface area contributed by atoms with Crippen LogP contribution in [0.2, 0.25) is 0 Å². The zero-order valence-electron chi connectivity index (χ0n) is 10.1. The fraction of sp³-hybridized carbons (Fsp3) is 0.250. The monoisotopic (exact) mass is 337 g/mol. The van der Waals surface area contributed by atoms with Gasteiger partial charge in [0, 0.05) is 28.8 Å². The van der Waals surface area contributed by atoms with E-state index in [0.29, 0.717) is 4.99 Å². The molecule has 2 aromatic rings. The van der Waals surface area contributed by atoms with Gasteiger partial charge in [-0.05, 0) is 34.1 Å². The molecule has 1 aromatic heterocycles. The van der Waals surface area contributed by atoms with Crippen LogP contribution in [0.3, 0.4) is 0 Å². The highest BCUT2D eigenvalue weighted by Crippen LogP contribution is 2.26. The molecule has 0 fully saturated rings. The number of nitrogens with two attached hydrogens (primary N) is 1. The lowest BCUT2D eigenvalue weighted by molar-refractivity contribution is 0.560. The minimum absolute atomic E-state index is 0.400. The van der Waals surface area contributed by atoms with E-state index in [-0.39, 0.29) is 0 Å². The molecule has 0 radical (unpaired) electrons. The number of nitrogens with zero attached hydrogens (tertiary/aromatic N) is 4. The number of rotatable bonds is 2. The number of thiocarbonyl (C=S) groups is 1. The van der Waals surface area contributed by atoms with E-state index in [2.05, 4.69) is 35.6 Å². The summed E-state index contributed by atoms with van der Waals surface area (Å²) in [4.78, 5) is 2.66. The average molecular weight is 338 g/mol. The highest BCUT2D eigenvalue weighted by Gasteiger charge is 2.18. The normalized spacial score (nSPS) is 14.3. The topological polar surface area (TPSA) is 60.0 Å². The van der Waals surface area contributed by atoms with Gasteiger partial charge in [0.1, 0.15) is 11.3 Å². The maximum Gasteiger partial charge on any atom is 0.152 e. The number of hydrogen-bond acceptors (Lipinski definition) is 4. The van der Waals surface area contributed by atoms with E-state index < -0.39 is 0 Å². The van der Waals surface area contributed by atoms with Gasteiger partial charge in [-0.25, -0.2) is 0 Å². The summed E-state index contributed by atoms with van der Waals surface area (Å²) in [6.45, 7) is 2.60. The van der Waals surface area contributed by atoms with Crippen molar-refractivity contribution in [3.63, 3.8) is 0 Å². The van der Waals surface area contributed by atoms with Gasteiger partial charge in [0.2, 0.25) is 0 Å². The van der Waals surface area contributed by atoms with Crippen LogP contribution in [0.15, 0.2) is 29.0 Å². The van der Waals surface area contributed by atoms with Crippen molar-refractivity contribution in [2.24, 2.45) is 5.73 Å². The largest absolute Gasteiger partial charge is 0.389 e. The molecule has 0 saturated carbocycles. The second-order valence-electron chi connectivity index (χ2n) is 4.39. The molecule has 0 spiro atoms. The SMILES string of the molecule is NC(=S)c1ccc(N2CCn3cnnc3C2)cc1Br. The maximum atomic E-state index is 5.66. The minimum Gasteiger partial charge on any atom is -0.389 e. The number of fused-ring (bicyclic) bond motifs is 1. The van der Waals surface area contributed by atoms with Crippen LogP contribution in [0.4, 0.5) is 5.69 Å². The van der Waals surface area contributed by atoms with Crippen LogP contribution >= 0.6 is 28.1 Å². The molecule has 1 aromatic carbocycles. The fourth-order valence-corrected chi connectivity index (χ4v) is 3.08. The van der Waals surface area contributed by atoms with E-state index in [1.165, 1.54) is 0 Å². The van der Waals surface area contributed by atoms with E-state index in [1.54, 1.807) is 6.33 Å². The van der Waals surface area contributed by atoms with Gasteiger partial charge in [-0.1, -0.05) is 12.2 Å². The van der Waals surface area contributed by atoms with E-state index in [9.17, 15) is 0 Å². The molecule has 1 aliphatic heterocycles. The van der Waals surface area contributed by atoms with Crippen molar-refractivity contribution in [1.29, 1.82) is 0 Å². The molecule has 2 N–H and O–H groups in total. The number of halogens is 1. The predicted molar refractivity (Wildman–Crippen MR) is 81.1 cm³/mol. The van der Waals surface area contributed by atoms with Crippen LogP contribution in [0.1, 0.15) is 11.4 Å². The Hall–Kier alpha value is -1.47. The van der Waals surface area contributed by atoms with E-state index in [0.717, 1.165) is 41.2 Å². The second kappa shape index (κ2) is 4.90. The molecule has 2 heterocycles. The Morgan fingerprint density at radius 2 is 2.21 bits per heavy atom. The van der Waals surface area contributed by atoms with Crippen molar-refractivity contribution in [3.05, 3.63) is 40.4 Å². The van der Waals surface area contributed by atoms with Crippen molar-refractivity contribution in [2.45, 2.75) is 13.1 Å². The van der Waals surface area contributed by atoms with Gasteiger partial charge in [-0.15, -0.1) is 10.2 Å². The quantitative estimate of drug-likeness (QED) is 0.845. The average Bonchev–Trinajstić information content (AvgIpc) is 2.85. The van der Waals surface area contributed by atoms with Gasteiger partial charge in [0.05, 0.1) is 6.54 Å². The molecule has 7 heteroatoms. The summed E-state index contributed by atoms with van der Waals surface area (Å²) >= 11 is 8.51. The van der Waals surface area contributed by atoms with Gasteiger partial charge >= 0.3 is 0 Å². The second-order valence-corrected chi connectivity index (χ2v) is 5.68. The summed E-state index contributed by atoms with van der Waals surface area (Å²) in [7, 11) is 0. The number of hydrogen-bond donors (Lipinski definition) is 1. The first-order chi connectivity index (χ1) is 9.15. The summed E-state index contributed by atoms with van der Waals surface area (Å²) in [6, 6.07) is 6.02. The predicted octanol–water partition coefficient (Wildman–Crippen LogP) is 1.70. The zero-order valence-corrected chi connectivity index (χ0v) is 12.5. The third kappa shape index (κ3) is 2.35. The Kier molecular flexibility index (Phi) is 3.24. The molecule has 0 aliphatic carbocycles. The molecule has 0 saturated heterocycles. The summed E-state index contributed by atoms with van der Waals surface area (Å²) in [5.41, 5.74) is 7.64. The molecule has 0 amide bonds. The first-order valence-electron chi connectivity index (χ1n) is 5.86. The van der Waals surface area contributed by atoms with E-state index in [4.69, 9.17) is 18.0 Å². The molecule has 0 bridgehead atoms. The van der Waals surface area contributed by atoms with E-state index >= 15 is 0 Å². The van der Waals surface area contributed by atoms with Gasteiger partial charge in [-0.3, -0.25) is 0 Å². The molecule has 19 heavy (non-hydrogen) atoms. The van der Waals surface area contributed by atoms with Gasteiger partial charge in [0.15, 0.2) is 5.82 Å². The van der Waals surface area contributed by atoms with Crippen LogP contribution in [0.25, 0.3) is 0 Å². The molecular weight excluding hydrogens is 326 g/mol. The van der Waals surface area contributed by atoms with Gasteiger partial charge < -0.3 is 15.2 Å². The molecule has 98 valence electrons. The summed E-state index contributed by atoms with van der Waals surface area (Å²) < 4.78 is 3.00. The number of anilines is 1. The molecule has 1 aliphatic rings. The minimum atomic E-state index is 0.400.